The number of benzene rings is 1. The first-order chi connectivity index (χ1) is 8.33. The predicted octanol–water partition coefficient (Wildman–Crippen LogP) is 1.90. The number of hydrogen-bond acceptors (Lipinski definition) is 2. The van der Waals surface area contributed by atoms with Crippen LogP contribution in [0.25, 0.3) is 0 Å². The molecule has 0 radical (unpaired) electrons. The molecule has 0 amide bonds. The minimum Gasteiger partial charge on any atom is -0.327 e. The fourth-order valence-corrected chi connectivity index (χ4v) is 3.51. The monoisotopic (exact) mass is 230 g/mol. The van der Waals surface area contributed by atoms with Gasteiger partial charge in [-0.2, -0.15) is 0 Å². The Balaban J connectivity index is 1.52. The average molecular weight is 230 g/mol. The van der Waals surface area contributed by atoms with Crippen LogP contribution in [0.2, 0.25) is 0 Å². The molecule has 1 aromatic carbocycles. The lowest BCUT2D eigenvalue weighted by Gasteiger charge is -2.18. The van der Waals surface area contributed by atoms with E-state index in [-0.39, 0.29) is 0 Å². The fourth-order valence-electron chi connectivity index (χ4n) is 3.51. The number of likely N-dealkylation sites (tertiary alicyclic amines) is 1. The molecule has 1 aromatic rings. The van der Waals surface area contributed by atoms with Crippen molar-refractivity contribution in [2.24, 2.45) is 17.6 Å². The topological polar surface area (TPSA) is 29.3 Å². The van der Waals surface area contributed by atoms with Crippen molar-refractivity contribution in [1.82, 2.24) is 4.90 Å². The quantitative estimate of drug-likeness (QED) is 0.859. The molecule has 0 aromatic heterocycles. The van der Waals surface area contributed by atoms with Crippen LogP contribution in [0.4, 0.5) is 0 Å². The standard InChI is InChI=1S/C15H22N2/c16-15-7-6-13-10-17(11-14(13)15)9-8-12-4-2-1-3-5-12/h1-5,13-15H,6-11,16H2/t13-,14+,15-/m0/s1. The number of nitrogens with two attached hydrogens (primary N) is 1. The van der Waals surface area contributed by atoms with Gasteiger partial charge in [-0.1, -0.05) is 30.3 Å². The lowest BCUT2D eigenvalue weighted by atomic mass is 9.98. The number of nitrogens with zero attached hydrogens (tertiary/aromatic N) is 1. The molecule has 1 saturated heterocycles. The summed E-state index contributed by atoms with van der Waals surface area (Å²) in [5.41, 5.74) is 7.62. The van der Waals surface area contributed by atoms with E-state index in [1.54, 1.807) is 0 Å². The lowest BCUT2D eigenvalue weighted by Crippen LogP contribution is -2.31. The summed E-state index contributed by atoms with van der Waals surface area (Å²) < 4.78 is 0. The highest BCUT2D eigenvalue weighted by Gasteiger charge is 2.40. The number of fused-ring (bicyclic) bond motifs is 1. The van der Waals surface area contributed by atoms with Crippen LogP contribution in [0.5, 0.6) is 0 Å². The van der Waals surface area contributed by atoms with Crippen LogP contribution in [0.3, 0.4) is 0 Å². The second kappa shape index (κ2) is 4.79. The Morgan fingerprint density at radius 2 is 1.94 bits per heavy atom. The molecule has 2 aliphatic rings. The number of hydrogen-bond donors (Lipinski definition) is 1. The molecule has 2 N–H and O–H groups in total. The van der Waals surface area contributed by atoms with Crippen molar-refractivity contribution in [3.63, 3.8) is 0 Å². The third-order valence-electron chi connectivity index (χ3n) is 4.55. The van der Waals surface area contributed by atoms with Gasteiger partial charge in [-0.15, -0.1) is 0 Å². The van der Waals surface area contributed by atoms with Gasteiger partial charge in [-0.05, 0) is 36.7 Å². The smallest absolute Gasteiger partial charge is 0.00826 e. The summed E-state index contributed by atoms with van der Waals surface area (Å²) in [7, 11) is 0. The average Bonchev–Trinajstić information content (AvgIpc) is 2.91. The Bertz CT molecular complexity index is 362. The summed E-state index contributed by atoms with van der Waals surface area (Å²) in [6.45, 7) is 3.72. The summed E-state index contributed by atoms with van der Waals surface area (Å²) in [5, 5.41) is 0. The zero-order chi connectivity index (χ0) is 11.7. The summed E-state index contributed by atoms with van der Waals surface area (Å²) >= 11 is 0. The molecule has 17 heavy (non-hydrogen) atoms. The van der Waals surface area contributed by atoms with Gasteiger partial charge < -0.3 is 10.6 Å². The fraction of sp³-hybridized carbons (Fsp3) is 0.600. The molecule has 1 aliphatic carbocycles. The summed E-state index contributed by atoms with van der Waals surface area (Å²) in [4.78, 5) is 2.61. The zero-order valence-electron chi connectivity index (χ0n) is 10.4. The maximum Gasteiger partial charge on any atom is 0.00826 e. The predicted molar refractivity (Wildman–Crippen MR) is 70.8 cm³/mol. The van der Waals surface area contributed by atoms with E-state index in [4.69, 9.17) is 5.73 Å². The highest BCUT2D eigenvalue weighted by atomic mass is 15.2. The molecule has 1 aliphatic heterocycles. The Kier molecular flexibility index (Phi) is 3.17. The maximum atomic E-state index is 6.16. The van der Waals surface area contributed by atoms with Gasteiger partial charge in [0.2, 0.25) is 0 Å². The Hall–Kier alpha value is -0.860. The summed E-state index contributed by atoms with van der Waals surface area (Å²) in [6.07, 6.45) is 3.78. The van der Waals surface area contributed by atoms with Gasteiger partial charge in [-0.3, -0.25) is 0 Å². The Morgan fingerprint density at radius 1 is 1.12 bits per heavy atom. The molecular formula is C15H22N2. The summed E-state index contributed by atoms with van der Waals surface area (Å²) in [5.74, 6) is 1.67. The van der Waals surface area contributed by atoms with Gasteiger partial charge in [0.05, 0.1) is 0 Å². The van der Waals surface area contributed by atoms with Crippen molar-refractivity contribution in [2.45, 2.75) is 25.3 Å². The molecule has 2 fully saturated rings. The molecule has 0 spiro atoms. The van der Waals surface area contributed by atoms with E-state index in [0.717, 1.165) is 11.8 Å². The SMILES string of the molecule is N[C@H]1CC[C@H]2CN(CCc3ccccc3)C[C@H]21. The molecule has 3 atom stereocenters. The third kappa shape index (κ3) is 2.38. The van der Waals surface area contributed by atoms with E-state index in [1.165, 1.54) is 44.5 Å². The first-order valence-electron chi connectivity index (χ1n) is 6.85. The molecule has 2 nitrogen and oxygen atoms in total. The minimum absolute atomic E-state index is 0.474. The van der Waals surface area contributed by atoms with E-state index in [9.17, 15) is 0 Å². The second-order valence-corrected chi connectivity index (χ2v) is 5.66. The van der Waals surface area contributed by atoms with Crippen LogP contribution in [-0.2, 0) is 6.42 Å². The van der Waals surface area contributed by atoms with E-state index in [2.05, 4.69) is 35.2 Å². The molecule has 0 unspecified atom stereocenters. The van der Waals surface area contributed by atoms with Crippen LogP contribution in [-0.4, -0.2) is 30.6 Å². The van der Waals surface area contributed by atoms with Crippen molar-refractivity contribution < 1.29 is 0 Å². The van der Waals surface area contributed by atoms with E-state index >= 15 is 0 Å². The number of rotatable bonds is 3. The van der Waals surface area contributed by atoms with Gasteiger partial charge >= 0.3 is 0 Å². The van der Waals surface area contributed by atoms with Crippen LogP contribution >= 0.6 is 0 Å². The van der Waals surface area contributed by atoms with Gasteiger partial charge in [0.15, 0.2) is 0 Å². The molecule has 1 heterocycles. The van der Waals surface area contributed by atoms with Gasteiger partial charge in [0.1, 0.15) is 0 Å². The Labute approximate surface area is 104 Å². The molecule has 0 bridgehead atoms. The highest BCUT2D eigenvalue weighted by molar-refractivity contribution is 5.15. The van der Waals surface area contributed by atoms with E-state index < -0.39 is 0 Å². The molecule has 2 heteroatoms. The second-order valence-electron chi connectivity index (χ2n) is 5.66. The van der Waals surface area contributed by atoms with Crippen molar-refractivity contribution >= 4 is 0 Å². The zero-order valence-corrected chi connectivity index (χ0v) is 10.4. The van der Waals surface area contributed by atoms with Crippen molar-refractivity contribution in [1.29, 1.82) is 0 Å². The Morgan fingerprint density at radius 3 is 2.71 bits per heavy atom. The van der Waals surface area contributed by atoms with Crippen LogP contribution < -0.4 is 5.73 Å². The third-order valence-corrected chi connectivity index (χ3v) is 4.55. The summed E-state index contributed by atoms with van der Waals surface area (Å²) in [6, 6.07) is 11.3. The first-order valence-corrected chi connectivity index (χ1v) is 6.85. The van der Waals surface area contributed by atoms with E-state index in [0.29, 0.717) is 6.04 Å². The van der Waals surface area contributed by atoms with Gasteiger partial charge in [0, 0.05) is 25.7 Å². The largest absolute Gasteiger partial charge is 0.327 e. The lowest BCUT2D eigenvalue weighted by molar-refractivity contribution is 0.309. The van der Waals surface area contributed by atoms with Gasteiger partial charge in [-0.25, -0.2) is 0 Å². The van der Waals surface area contributed by atoms with Crippen LogP contribution in [0.1, 0.15) is 18.4 Å². The van der Waals surface area contributed by atoms with Crippen LogP contribution in [0.15, 0.2) is 30.3 Å². The van der Waals surface area contributed by atoms with Crippen LogP contribution in [0, 0.1) is 11.8 Å². The van der Waals surface area contributed by atoms with Gasteiger partial charge in [0.25, 0.3) is 0 Å². The maximum absolute atomic E-state index is 6.16. The minimum atomic E-state index is 0.474. The molecular weight excluding hydrogens is 208 g/mol. The van der Waals surface area contributed by atoms with E-state index in [1.807, 2.05) is 0 Å². The molecule has 1 saturated carbocycles. The molecule has 92 valence electrons. The highest BCUT2D eigenvalue weighted by Crippen LogP contribution is 2.36. The molecule has 3 rings (SSSR count). The first kappa shape index (κ1) is 11.2. The van der Waals surface area contributed by atoms with Crippen molar-refractivity contribution in [2.75, 3.05) is 19.6 Å². The van der Waals surface area contributed by atoms with Crippen molar-refractivity contribution in [3.05, 3.63) is 35.9 Å². The normalized spacial score (nSPS) is 32.9. The van der Waals surface area contributed by atoms with Crippen molar-refractivity contribution in [3.8, 4) is 0 Å².